The third-order valence-electron chi connectivity index (χ3n) is 5.97. The van der Waals surface area contributed by atoms with Gasteiger partial charge in [0.15, 0.2) is 5.78 Å². The molecule has 0 heterocycles. The van der Waals surface area contributed by atoms with E-state index in [1.54, 1.807) is 0 Å². The molecule has 1 fully saturated rings. The van der Waals surface area contributed by atoms with Crippen LogP contribution in [0.15, 0.2) is 30.3 Å². The molecular formula is C20H32OSi. The van der Waals surface area contributed by atoms with Crippen LogP contribution in [0.5, 0.6) is 0 Å². The minimum absolute atomic E-state index is 0.0733. The van der Waals surface area contributed by atoms with Gasteiger partial charge in [0.05, 0.1) is 8.07 Å². The summed E-state index contributed by atoms with van der Waals surface area (Å²) in [6, 6.07) is 9.98. The lowest BCUT2D eigenvalue weighted by Crippen LogP contribution is -2.48. The fourth-order valence-corrected chi connectivity index (χ4v) is 6.77. The first-order valence-electron chi connectivity index (χ1n) is 8.68. The Morgan fingerprint density at radius 3 is 1.95 bits per heavy atom. The summed E-state index contributed by atoms with van der Waals surface area (Å²) in [5.74, 6) is 1.17. The Balaban J connectivity index is 2.31. The van der Waals surface area contributed by atoms with Crippen LogP contribution in [-0.2, 0) is 0 Å². The molecule has 2 rings (SSSR count). The average molecular weight is 317 g/mol. The van der Waals surface area contributed by atoms with Crippen LogP contribution in [0.25, 0.3) is 0 Å². The second-order valence-corrected chi connectivity index (χ2v) is 14.6. The van der Waals surface area contributed by atoms with E-state index in [-0.39, 0.29) is 5.04 Å². The van der Waals surface area contributed by atoms with E-state index in [9.17, 15) is 4.79 Å². The van der Waals surface area contributed by atoms with Crippen LogP contribution >= 0.6 is 0 Å². The first kappa shape index (κ1) is 17.5. The van der Waals surface area contributed by atoms with E-state index in [1.807, 2.05) is 30.3 Å². The van der Waals surface area contributed by atoms with E-state index in [1.165, 1.54) is 12.8 Å². The summed E-state index contributed by atoms with van der Waals surface area (Å²) < 4.78 is 0. The van der Waals surface area contributed by atoms with Crippen molar-refractivity contribution in [3.63, 3.8) is 0 Å². The Morgan fingerprint density at radius 2 is 1.55 bits per heavy atom. The van der Waals surface area contributed by atoms with E-state index in [2.05, 4.69) is 40.4 Å². The van der Waals surface area contributed by atoms with Gasteiger partial charge >= 0.3 is 0 Å². The third kappa shape index (κ3) is 3.22. The van der Waals surface area contributed by atoms with Crippen molar-refractivity contribution in [2.75, 3.05) is 0 Å². The van der Waals surface area contributed by atoms with Gasteiger partial charge in [0, 0.05) is 10.6 Å². The predicted molar refractivity (Wildman–Crippen MR) is 98.2 cm³/mol. The summed E-state index contributed by atoms with van der Waals surface area (Å²) >= 11 is 0. The minimum Gasteiger partial charge on any atom is -0.294 e. The van der Waals surface area contributed by atoms with Gasteiger partial charge in [-0.15, -0.1) is 0 Å². The molecule has 0 amide bonds. The Labute approximate surface area is 137 Å². The molecule has 1 aromatic carbocycles. The lowest BCUT2D eigenvalue weighted by atomic mass is 9.68. The fourth-order valence-electron chi connectivity index (χ4n) is 4.16. The molecule has 0 atom stereocenters. The topological polar surface area (TPSA) is 17.1 Å². The second-order valence-electron chi connectivity index (χ2n) is 9.17. The highest BCUT2D eigenvalue weighted by Gasteiger charge is 2.51. The van der Waals surface area contributed by atoms with Crippen LogP contribution in [0.2, 0.25) is 24.7 Å². The van der Waals surface area contributed by atoms with Crippen molar-refractivity contribution in [1.29, 1.82) is 0 Å². The van der Waals surface area contributed by atoms with Crippen molar-refractivity contribution in [1.82, 2.24) is 0 Å². The van der Waals surface area contributed by atoms with E-state index in [0.29, 0.717) is 11.2 Å². The van der Waals surface area contributed by atoms with E-state index >= 15 is 0 Å². The van der Waals surface area contributed by atoms with Crippen LogP contribution in [-0.4, -0.2) is 13.9 Å². The summed E-state index contributed by atoms with van der Waals surface area (Å²) in [6.45, 7) is 14.2. The monoisotopic (exact) mass is 316 g/mol. The molecule has 22 heavy (non-hydrogen) atoms. The zero-order valence-electron chi connectivity index (χ0n) is 15.2. The molecule has 1 aliphatic carbocycles. The summed E-state index contributed by atoms with van der Waals surface area (Å²) in [4.78, 5) is 13.4. The first-order valence-corrected chi connectivity index (χ1v) is 12.2. The number of rotatable bonds is 3. The molecule has 122 valence electrons. The number of benzene rings is 1. The standard InChI is InChI=1S/C20H32OSi/c1-19(2,3)17-12-14-20(15-13-17,22(4,5)6)18(21)16-10-8-7-9-11-16/h7-11,17H,12-15H2,1-6H3. The molecule has 0 saturated heterocycles. The average Bonchev–Trinajstić information content (AvgIpc) is 2.45. The highest BCUT2D eigenvalue weighted by Crippen LogP contribution is 2.56. The van der Waals surface area contributed by atoms with Gasteiger partial charge in [-0.3, -0.25) is 4.79 Å². The quantitative estimate of drug-likeness (QED) is 0.480. The smallest absolute Gasteiger partial charge is 0.166 e. The first-order chi connectivity index (χ1) is 10.1. The van der Waals surface area contributed by atoms with E-state index < -0.39 is 8.07 Å². The molecule has 0 N–H and O–H groups in total. The number of ketones is 1. The molecule has 1 saturated carbocycles. The number of hydrogen-bond acceptors (Lipinski definition) is 1. The maximum Gasteiger partial charge on any atom is 0.166 e. The Morgan fingerprint density at radius 1 is 1.05 bits per heavy atom. The molecule has 0 spiro atoms. The molecule has 1 aliphatic rings. The van der Waals surface area contributed by atoms with Gasteiger partial charge < -0.3 is 0 Å². The number of Topliss-reactive ketones (excluding diaryl/α,β-unsaturated/α-hetero) is 1. The molecular weight excluding hydrogens is 284 g/mol. The highest BCUT2D eigenvalue weighted by molar-refractivity contribution is 6.83. The van der Waals surface area contributed by atoms with Gasteiger partial charge in [-0.25, -0.2) is 0 Å². The summed E-state index contributed by atoms with van der Waals surface area (Å²) in [5.41, 5.74) is 1.28. The van der Waals surface area contributed by atoms with Crippen LogP contribution in [0, 0.1) is 11.3 Å². The molecule has 0 unspecified atom stereocenters. The maximum atomic E-state index is 13.4. The molecule has 1 aromatic rings. The largest absolute Gasteiger partial charge is 0.294 e. The summed E-state index contributed by atoms with van der Waals surface area (Å²) in [7, 11) is -1.59. The summed E-state index contributed by atoms with van der Waals surface area (Å²) in [5, 5.41) is -0.0733. The second kappa shape index (κ2) is 5.96. The molecule has 2 heteroatoms. The Kier molecular flexibility index (Phi) is 4.73. The van der Waals surface area contributed by atoms with Gasteiger partial charge in [-0.1, -0.05) is 70.7 Å². The Bertz CT molecular complexity index is 511. The van der Waals surface area contributed by atoms with Crippen molar-refractivity contribution in [3.8, 4) is 0 Å². The highest BCUT2D eigenvalue weighted by atomic mass is 28.3. The molecule has 0 aliphatic heterocycles. The third-order valence-corrected chi connectivity index (χ3v) is 9.57. The van der Waals surface area contributed by atoms with E-state index in [0.717, 1.165) is 24.3 Å². The lowest BCUT2D eigenvalue weighted by molar-refractivity contribution is 0.0832. The van der Waals surface area contributed by atoms with Gasteiger partial charge in [0.25, 0.3) is 0 Å². The van der Waals surface area contributed by atoms with Crippen LogP contribution in [0.3, 0.4) is 0 Å². The van der Waals surface area contributed by atoms with Crippen molar-refractivity contribution >= 4 is 13.9 Å². The van der Waals surface area contributed by atoms with Gasteiger partial charge in [-0.2, -0.15) is 0 Å². The van der Waals surface area contributed by atoms with Crippen LogP contribution < -0.4 is 0 Å². The fraction of sp³-hybridized carbons (Fsp3) is 0.650. The minimum atomic E-state index is -1.59. The van der Waals surface area contributed by atoms with Crippen LogP contribution in [0.1, 0.15) is 56.8 Å². The Hall–Kier alpha value is -0.893. The van der Waals surface area contributed by atoms with Gasteiger partial charge in [0.1, 0.15) is 0 Å². The number of hydrogen-bond donors (Lipinski definition) is 0. The van der Waals surface area contributed by atoms with Crippen LogP contribution in [0.4, 0.5) is 0 Å². The SMILES string of the molecule is CC(C)(C)C1CCC(C(=O)c2ccccc2)([Si](C)(C)C)CC1. The summed E-state index contributed by atoms with van der Waals surface area (Å²) in [6.07, 6.45) is 4.56. The maximum absolute atomic E-state index is 13.4. The van der Waals surface area contributed by atoms with Gasteiger partial charge in [0.2, 0.25) is 0 Å². The van der Waals surface area contributed by atoms with Crippen molar-refractivity contribution < 1.29 is 4.79 Å². The number of carbonyl (C=O) groups is 1. The zero-order valence-corrected chi connectivity index (χ0v) is 16.2. The molecule has 0 bridgehead atoms. The van der Waals surface area contributed by atoms with E-state index in [4.69, 9.17) is 0 Å². The van der Waals surface area contributed by atoms with Crippen molar-refractivity contribution in [3.05, 3.63) is 35.9 Å². The zero-order chi connectivity index (χ0) is 16.6. The lowest BCUT2D eigenvalue weighted by Gasteiger charge is -2.49. The van der Waals surface area contributed by atoms with Gasteiger partial charge in [-0.05, 0) is 37.0 Å². The molecule has 0 radical (unpaired) electrons. The number of carbonyl (C=O) groups excluding carboxylic acids is 1. The molecule has 0 aromatic heterocycles. The van der Waals surface area contributed by atoms with Crippen molar-refractivity contribution in [2.24, 2.45) is 11.3 Å². The normalized spacial score (nSPS) is 26.7. The van der Waals surface area contributed by atoms with Crippen molar-refractivity contribution in [2.45, 2.75) is 71.1 Å². The predicted octanol–water partition coefficient (Wildman–Crippen LogP) is 6.18. The molecule has 1 nitrogen and oxygen atoms in total.